The number of hydrogen-bond donors (Lipinski definition) is 2. The molecule has 0 saturated carbocycles. The van der Waals surface area contributed by atoms with Crippen LogP contribution in [0, 0.1) is 0 Å². The Labute approximate surface area is 172 Å². The number of aromatic nitrogens is 4. The third-order valence-electron chi connectivity index (χ3n) is 4.20. The van der Waals surface area contributed by atoms with Crippen LogP contribution in [0.15, 0.2) is 58.5 Å². The van der Waals surface area contributed by atoms with E-state index in [0.29, 0.717) is 0 Å². The number of halogens is 5. The van der Waals surface area contributed by atoms with E-state index in [1.165, 1.54) is 26.2 Å². The third-order valence-corrected chi connectivity index (χ3v) is 5.36. The lowest BCUT2D eigenvalue weighted by Gasteiger charge is -2.40. The van der Waals surface area contributed by atoms with E-state index >= 15 is 0 Å². The van der Waals surface area contributed by atoms with Crippen molar-refractivity contribution < 1.29 is 24.2 Å². The number of hydrogen-bond acceptors (Lipinski definition) is 5. The van der Waals surface area contributed by atoms with Gasteiger partial charge in [0.15, 0.2) is 11.6 Å². The van der Waals surface area contributed by atoms with Crippen LogP contribution in [0.2, 0.25) is 0 Å². The molecule has 1 aromatic carbocycles. The number of carbonyl (C=O) groups is 1. The number of amides is 1. The highest BCUT2D eigenvalue weighted by atomic mass is 32.5. The van der Waals surface area contributed by atoms with Gasteiger partial charge in [-0.2, -0.15) is 0 Å². The first-order valence-corrected chi connectivity index (χ1v) is 10.6. The van der Waals surface area contributed by atoms with E-state index in [2.05, 4.69) is 25.3 Å². The zero-order valence-electron chi connectivity index (χ0n) is 16.1. The second-order valence-corrected chi connectivity index (χ2v) is 9.53. The molecule has 0 aliphatic heterocycles. The molecule has 0 spiro atoms. The summed E-state index contributed by atoms with van der Waals surface area (Å²) < 4.78 is 64.5. The van der Waals surface area contributed by atoms with Crippen LogP contribution in [0.25, 0.3) is 11.6 Å². The van der Waals surface area contributed by atoms with Gasteiger partial charge in [0.05, 0.1) is 5.54 Å². The zero-order chi connectivity index (χ0) is 23.1. The number of benzene rings is 1. The minimum absolute atomic E-state index is 0.0590. The van der Waals surface area contributed by atoms with Crippen molar-refractivity contribution in [3.63, 3.8) is 0 Å². The average Bonchev–Trinajstić information content (AvgIpc) is 2.66. The van der Waals surface area contributed by atoms with Crippen molar-refractivity contribution in [2.75, 3.05) is 0 Å². The first-order valence-electron chi connectivity index (χ1n) is 8.61. The molecule has 0 fully saturated rings. The normalized spacial score (nSPS) is 14.4. The Balaban J connectivity index is 1.88. The highest BCUT2D eigenvalue weighted by molar-refractivity contribution is 8.45. The summed E-state index contributed by atoms with van der Waals surface area (Å²) in [6, 6.07) is 4.70. The van der Waals surface area contributed by atoms with Crippen LogP contribution in [0.5, 0.6) is 0 Å². The second kappa shape index (κ2) is 6.57. The van der Waals surface area contributed by atoms with Crippen molar-refractivity contribution in [1.82, 2.24) is 25.3 Å². The lowest BCUT2D eigenvalue weighted by Crippen LogP contribution is -2.41. The summed E-state index contributed by atoms with van der Waals surface area (Å²) in [6.07, 6.45) is 2.82. The van der Waals surface area contributed by atoms with E-state index in [4.69, 9.17) is 0 Å². The maximum Gasteiger partial charge on any atom is 0.310 e. The Kier molecular flexibility index (Phi) is 4.74. The predicted molar refractivity (Wildman–Crippen MR) is 104 cm³/mol. The van der Waals surface area contributed by atoms with Gasteiger partial charge in [-0.25, -0.2) is 15.0 Å². The van der Waals surface area contributed by atoms with Crippen molar-refractivity contribution in [3.05, 3.63) is 70.4 Å². The topological polar surface area (TPSA) is 101 Å². The molecule has 0 atom stereocenters. The molecule has 13 heteroatoms. The summed E-state index contributed by atoms with van der Waals surface area (Å²) in [5.41, 5.74) is -2.09. The fraction of sp³-hybridized carbons (Fsp3) is 0.167. The molecule has 3 aromatic rings. The molecule has 0 unspecified atom stereocenters. The second-order valence-electron chi connectivity index (χ2n) is 7.12. The molecule has 2 heterocycles. The van der Waals surface area contributed by atoms with Gasteiger partial charge in [0, 0.05) is 18.5 Å². The number of rotatable bonds is 5. The Morgan fingerprint density at radius 1 is 1.03 bits per heavy atom. The first-order chi connectivity index (χ1) is 14.0. The molecular formula is C18H16F5N5O2S. The van der Waals surface area contributed by atoms with Crippen LogP contribution in [0.3, 0.4) is 0 Å². The van der Waals surface area contributed by atoms with E-state index in [-0.39, 0.29) is 35.0 Å². The lowest BCUT2D eigenvalue weighted by molar-refractivity contribution is 0.0906. The molecule has 1 amide bonds. The molecule has 2 aromatic heterocycles. The maximum absolute atomic E-state index is 12.9. The van der Waals surface area contributed by atoms with Gasteiger partial charge in [0.2, 0.25) is 0 Å². The molecule has 166 valence electrons. The van der Waals surface area contributed by atoms with Gasteiger partial charge in [-0.15, -0.1) is 0 Å². The van der Waals surface area contributed by atoms with Crippen LogP contribution in [0.4, 0.5) is 19.4 Å². The number of nitrogens with one attached hydrogen (secondary N) is 2. The Bertz CT molecular complexity index is 1200. The van der Waals surface area contributed by atoms with Gasteiger partial charge in [-0.05, 0) is 37.6 Å². The van der Waals surface area contributed by atoms with Gasteiger partial charge in [0.25, 0.3) is 11.5 Å². The van der Waals surface area contributed by atoms with Gasteiger partial charge in [0.1, 0.15) is 10.6 Å². The molecule has 3 rings (SSSR count). The monoisotopic (exact) mass is 461 g/mol. The van der Waals surface area contributed by atoms with Crippen LogP contribution >= 0.6 is 10.2 Å². The fourth-order valence-corrected chi connectivity index (χ4v) is 3.30. The van der Waals surface area contributed by atoms with Crippen LogP contribution in [0.1, 0.15) is 29.9 Å². The first kappa shape index (κ1) is 22.3. The van der Waals surface area contributed by atoms with Crippen molar-refractivity contribution in [2.45, 2.75) is 24.3 Å². The molecule has 0 bridgehead atoms. The van der Waals surface area contributed by atoms with Gasteiger partial charge in [-0.3, -0.25) is 9.59 Å². The van der Waals surface area contributed by atoms with E-state index in [9.17, 15) is 29.0 Å². The van der Waals surface area contributed by atoms with Crippen LogP contribution in [-0.2, 0) is 5.54 Å². The predicted octanol–water partition coefficient (Wildman–Crippen LogP) is 4.55. The summed E-state index contributed by atoms with van der Waals surface area (Å²) >= 11 is 0. The molecule has 31 heavy (non-hydrogen) atoms. The number of carbonyl (C=O) groups excluding carboxylic acids is 1. The largest absolute Gasteiger partial charge is 0.342 e. The van der Waals surface area contributed by atoms with E-state index in [1.807, 2.05) is 0 Å². The SMILES string of the molecule is CC(C)(NC(=O)c1cc(=O)[nH]c(-c2ncccn2)n1)c1ccc(S(F)(F)(F)(F)F)cc1. The van der Waals surface area contributed by atoms with Crippen molar-refractivity contribution >= 4 is 16.1 Å². The molecule has 0 aliphatic rings. The Morgan fingerprint density at radius 2 is 1.61 bits per heavy atom. The summed E-state index contributed by atoms with van der Waals surface area (Å²) in [7, 11) is -9.80. The molecule has 7 nitrogen and oxygen atoms in total. The van der Waals surface area contributed by atoms with Gasteiger partial charge >= 0.3 is 10.2 Å². The molecule has 2 N–H and O–H groups in total. The van der Waals surface area contributed by atoms with Gasteiger partial charge in [-0.1, -0.05) is 31.6 Å². The van der Waals surface area contributed by atoms with Crippen molar-refractivity contribution in [2.24, 2.45) is 0 Å². The molecular weight excluding hydrogens is 445 g/mol. The highest BCUT2D eigenvalue weighted by Crippen LogP contribution is 3.02. The quantitative estimate of drug-likeness (QED) is 0.543. The molecule has 0 radical (unpaired) electrons. The number of H-pyrrole nitrogens is 1. The number of aromatic amines is 1. The van der Waals surface area contributed by atoms with E-state index in [1.54, 1.807) is 6.07 Å². The molecule has 0 saturated heterocycles. The molecule has 0 aliphatic carbocycles. The minimum Gasteiger partial charge on any atom is -0.342 e. The summed E-state index contributed by atoms with van der Waals surface area (Å²) in [4.78, 5) is 36.8. The summed E-state index contributed by atoms with van der Waals surface area (Å²) in [6.45, 7) is 2.90. The summed E-state index contributed by atoms with van der Waals surface area (Å²) in [5, 5.41) is 2.52. The number of nitrogens with zero attached hydrogens (tertiary/aromatic N) is 3. The van der Waals surface area contributed by atoms with Crippen molar-refractivity contribution in [1.29, 1.82) is 0 Å². The van der Waals surface area contributed by atoms with E-state index < -0.39 is 32.1 Å². The standard InChI is InChI=1S/C18H16F5N5O2S/c1-18(2,11-4-6-12(7-5-11)31(19,20,21,22)23)28-17(30)13-10-14(29)27-16(26-13)15-24-8-3-9-25-15/h3-10H,1-2H3,(H,28,30)(H,26,27,29). The van der Waals surface area contributed by atoms with Crippen LogP contribution in [-0.4, -0.2) is 25.8 Å². The average molecular weight is 461 g/mol. The lowest BCUT2D eigenvalue weighted by atomic mass is 9.94. The van der Waals surface area contributed by atoms with E-state index in [0.717, 1.165) is 18.2 Å². The zero-order valence-corrected chi connectivity index (χ0v) is 16.9. The summed E-state index contributed by atoms with van der Waals surface area (Å²) in [5.74, 6) is -0.804. The smallest absolute Gasteiger partial charge is 0.310 e. The third kappa shape index (κ3) is 5.23. The fourth-order valence-electron chi connectivity index (χ4n) is 2.65. The maximum atomic E-state index is 12.9. The Hall–Kier alpha value is -3.35. The Morgan fingerprint density at radius 3 is 2.16 bits per heavy atom. The van der Waals surface area contributed by atoms with Gasteiger partial charge < -0.3 is 10.3 Å². The van der Waals surface area contributed by atoms with Crippen LogP contribution < -0.4 is 10.9 Å². The van der Waals surface area contributed by atoms with Crippen molar-refractivity contribution in [3.8, 4) is 11.6 Å². The minimum atomic E-state index is -9.80. The highest BCUT2D eigenvalue weighted by Gasteiger charge is 2.65.